The van der Waals surface area contributed by atoms with Crippen LogP contribution in [0, 0.1) is 0 Å². The zero-order valence-electron chi connectivity index (χ0n) is 20.1. The number of carbonyl (C=O) groups is 2. The van der Waals surface area contributed by atoms with Gasteiger partial charge >= 0.3 is 0 Å². The van der Waals surface area contributed by atoms with Crippen LogP contribution in [-0.2, 0) is 16.2 Å². The number of unbranched alkanes of at least 4 members (excludes halogenated alkanes) is 3. The van der Waals surface area contributed by atoms with Crippen molar-refractivity contribution in [2.45, 2.75) is 70.3 Å². The summed E-state index contributed by atoms with van der Waals surface area (Å²) in [4.78, 5) is 27.3. The lowest BCUT2D eigenvalue weighted by Gasteiger charge is -2.40. The minimum atomic E-state index is -1.08. The lowest BCUT2D eigenvalue weighted by Crippen LogP contribution is -2.55. The maximum atomic E-state index is 13.2. The predicted molar refractivity (Wildman–Crippen MR) is 126 cm³/mol. The second kappa shape index (κ2) is 11.7. The summed E-state index contributed by atoms with van der Waals surface area (Å²) >= 11 is 0. The van der Waals surface area contributed by atoms with E-state index in [-0.39, 0.29) is 25.7 Å². The lowest BCUT2D eigenvalue weighted by atomic mass is 9.77. The molecule has 188 valence electrons. The molecule has 2 aliphatic rings. The van der Waals surface area contributed by atoms with Crippen LogP contribution in [0.4, 0.5) is 0 Å². The quantitative estimate of drug-likeness (QED) is 0.354. The highest BCUT2D eigenvalue weighted by atomic mass is 16.5. The average Bonchev–Trinajstić information content (AvgIpc) is 3.22. The maximum absolute atomic E-state index is 13.2. The van der Waals surface area contributed by atoms with E-state index in [1.807, 2.05) is 0 Å². The van der Waals surface area contributed by atoms with Crippen molar-refractivity contribution in [1.82, 2.24) is 10.2 Å². The first kappa shape index (κ1) is 26.0. The maximum Gasteiger partial charge on any atom is 0.247 e. The summed E-state index contributed by atoms with van der Waals surface area (Å²) in [6.45, 7) is 3.66. The number of aliphatic hydroxyl groups excluding tert-OH is 3. The standard InChI is InChI=1S/C25H36N2O7/c1-4-5-6-7-9-27(15(2)30)19-13-18(25(32)26-8-10-28)21-17-11-16(14-29)12-20(33-3)23(17)34-24(21)22(19)31/h11-13,19,21-22,24,28-29,31H,4-10,14H2,1-3H3,(H,26,32). The van der Waals surface area contributed by atoms with Crippen LogP contribution in [0.1, 0.15) is 56.6 Å². The Labute approximate surface area is 200 Å². The van der Waals surface area contributed by atoms with Gasteiger partial charge in [0.2, 0.25) is 11.8 Å². The van der Waals surface area contributed by atoms with Crippen LogP contribution in [0.3, 0.4) is 0 Å². The van der Waals surface area contributed by atoms with Crippen molar-refractivity contribution in [3.05, 3.63) is 34.9 Å². The highest BCUT2D eigenvalue weighted by molar-refractivity contribution is 5.96. The monoisotopic (exact) mass is 476 g/mol. The molecule has 0 radical (unpaired) electrons. The van der Waals surface area contributed by atoms with Gasteiger partial charge in [-0.25, -0.2) is 0 Å². The Bertz CT molecular complexity index is 917. The van der Waals surface area contributed by atoms with Gasteiger partial charge in [0.25, 0.3) is 0 Å². The molecule has 0 saturated carbocycles. The number of rotatable bonds is 11. The van der Waals surface area contributed by atoms with Crippen molar-refractivity contribution < 1.29 is 34.4 Å². The van der Waals surface area contributed by atoms with Crippen LogP contribution in [0.2, 0.25) is 0 Å². The molecule has 4 N–H and O–H groups in total. The van der Waals surface area contributed by atoms with Crippen molar-refractivity contribution >= 4 is 11.8 Å². The summed E-state index contributed by atoms with van der Waals surface area (Å²) in [7, 11) is 1.49. The summed E-state index contributed by atoms with van der Waals surface area (Å²) in [5, 5.41) is 33.0. The molecule has 0 bridgehead atoms. The van der Waals surface area contributed by atoms with E-state index in [0.717, 1.165) is 25.7 Å². The van der Waals surface area contributed by atoms with E-state index in [4.69, 9.17) is 9.47 Å². The minimum Gasteiger partial charge on any atom is -0.493 e. The van der Waals surface area contributed by atoms with Crippen LogP contribution in [0.5, 0.6) is 11.5 Å². The first-order valence-corrected chi connectivity index (χ1v) is 11.9. The molecule has 2 amide bonds. The van der Waals surface area contributed by atoms with Crippen LogP contribution in [0.25, 0.3) is 0 Å². The molecule has 1 aromatic rings. The van der Waals surface area contributed by atoms with Gasteiger partial charge in [-0.1, -0.05) is 26.2 Å². The molecule has 0 aromatic heterocycles. The first-order chi connectivity index (χ1) is 16.4. The molecule has 1 aliphatic carbocycles. The van der Waals surface area contributed by atoms with Gasteiger partial charge in [-0.2, -0.15) is 0 Å². The number of nitrogens with one attached hydrogen (secondary N) is 1. The fourth-order valence-electron chi connectivity index (χ4n) is 4.84. The SMILES string of the molecule is CCCCCCN(C(C)=O)C1C=C(C(=O)NCCO)C2c3cc(CO)cc(OC)c3OC2C1O. The molecule has 4 unspecified atom stereocenters. The van der Waals surface area contributed by atoms with Gasteiger partial charge in [-0.3, -0.25) is 9.59 Å². The second-order valence-electron chi connectivity index (χ2n) is 8.79. The minimum absolute atomic E-state index is 0.0714. The molecule has 9 nitrogen and oxygen atoms in total. The van der Waals surface area contributed by atoms with E-state index >= 15 is 0 Å². The van der Waals surface area contributed by atoms with Gasteiger partial charge in [-0.05, 0) is 30.2 Å². The van der Waals surface area contributed by atoms with E-state index in [2.05, 4.69) is 12.2 Å². The van der Waals surface area contributed by atoms with Crippen LogP contribution in [-0.4, -0.2) is 77.1 Å². The Kier molecular flexibility index (Phi) is 8.93. The van der Waals surface area contributed by atoms with Crippen LogP contribution < -0.4 is 14.8 Å². The number of amides is 2. The number of carbonyl (C=O) groups excluding carboxylic acids is 2. The number of nitrogens with zero attached hydrogens (tertiary/aromatic N) is 1. The summed E-state index contributed by atoms with van der Waals surface area (Å²) in [6.07, 6.45) is 3.62. The van der Waals surface area contributed by atoms with Crippen molar-refractivity contribution in [3.63, 3.8) is 0 Å². The number of aliphatic hydroxyl groups is 3. The normalized spacial score (nSPS) is 22.8. The molecule has 1 heterocycles. The van der Waals surface area contributed by atoms with Gasteiger partial charge in [0.1, 0.15) is 12.2 Å². The predicted octanol–water partition coefficient (Wildman–Crippen LogP) is 1.24. The second-order valence-corrected chi connectivity index (χ2v) is 8.79. The van der Waals surface area contributed by atoms with Gasteiger partial charge in [-0.15, -0.1) is 0 Å². The molecular formula is C25H36N2O7. The highest BCUT2D eigenvalue weighted by Crippen LogP contribution is 2.51. The van der Waals surface area contributed by atoms with E-state index in [1.54, 1.807) is 23.1 Å². The number of methoxy groups -OCH3 is 1. The van der Waals surface area contributed by atoms with E-state index < -0.39 is 30.1 Å². The molecule has 1 aromatic carbocycles. The number of ether oxygens (including phenoxy) is 2. The highest BCUT2D eigenvalue weighted by Gasteiger charge is 2.51. The molecular weight excluding hydrogens is 440 g/mol. The third kappa shape index (κ3) is 5.21. The Morgan fingerprint density at radius 1 is 1.21 bits per heavy atom. The number of fused-ring (bicyclic) bond motifs is 3. The van der Waals surface area contributed by atoms with Crippen molar-refractivity contribution in [2.24, 2.45) is 0 Å². The number of benzene rings is 1. The van der Waals surface area contributed by atoms with Gasteiger partial charge < -0.3 is 35.0 Å². The molecule has 0 fully saturated rings. The van der Waals surface area contributed by atoms with Crippen molar-refractivity contribution in [1.29, 1.82) is 0 Å². The van der Waals surface area contributed by atoms with E-state index in [9.17, 15) is 24.9 Å². The smallest absolute Gasteiger partial charge is 0.247 e. The Hall–Kier alpha value is -2.62. The summed E-state index contributed by atoms with van der Waals surface area (Å²) in [6, 6.07) is 2.66. The zero-order valence-corrected chi connectivity index (χ0v) is 20.1. The molecule has 4 atom stereocenters. The summed E-state index contributed by atoms with van der Waals surface area (Å²) in [5.74, 6) is -0.402. The summed E-state index contributed by atoms with van der Waals surface area (Å²) < 4.78 is 11.6. The number of hydrogen-bond acceptors (Lipinski definition) is 7. The van der Waals surface area contributed by atoms with Gasteiger partial charge in [0.05, 0.1) is 32.3 Å². The molecule has 1 aliphatic heterocycles. The largest absolute Gasteiger partial charge is 0.493 e. The van der Waals surface area contributed by atoms with E-state index in [0.29, 0.717) is 34.7 Å². The Morgan fingerprint density at radius 3 is 2.59 bits per heavy atom. The van der Waals surface area contributed by atoms with E-state index in [1.165, 1.54) is 14.0 Å². The van der Waals surface area contributed by atoms with Gasteiger partial charge in [0, 0.05) is 31.1 Å². The van der Waals surface area contributed by atoms with Crippen molar-refractivity contribution in [3.8, 4) is 11.5 Å². The zero-order chi connectivity index (χ0) is 24.8. The van der Waals surface area contributed by atoms with Gasteiger partial charge in [0.15, 0.2) is 11.5 Å². The molecule has 0 spiro atoms. The van der Waals surface area contributed by atoms with Crippen molar-refractivity contribution in [2.75, 3.05) is 26.8 Å². The van der Waals surface area contributed by atoms with Crippen LogP contribution >= 0.6 is 0 Å². The third-order valence-electron chi connectivity index (χ3n) is 6.51. The average molecular weight is 477 g/mol. The molecule has 0 saturated heterocycles. The molecule has 9 heteroatoms. The Balaban J connectivity index is 2.04. The third-order valence-corrected chi connectivity index (χ3v) is 6.51. The fraction of sp³-hybridized carbons (Fsp3) is 0.600. The molecule has 3 rings (SSSR count). The fourth-order valence-corrected chi connectivity index (χ4v) is 4.84. The first-order valence-electron chi connectivity index (χ1n) is 11.9. The topological polar surface area (TPSA) is 129 Å². The number of hydrogen-bond donors (Lipinski definition) is 4. The summed E-state index contributed by atoms with van der Waals surface area (Å²) in [5.41, 5.74) is 1.57. The Morgan fingerprint density at radius 2 is 1.97 bits per heavy atom. The molecule has 34 heavy (non-hydrogen) atoms. The lowest BCUT2D eigenvalue weighted by molar-refractivity contribution is -0.135. The van der Waals surface area contributed by atoms with Crippen LogP contribution in [0.15, 0.2) is 23.8 Å².